The molecule has 4 N–H and O–H groups in total. The van der Waals surface area contributed by atoms with E-state index in [1.165, 1.54) is 12.2 Å². The van der Waals surface area contributed by atoms with Crippen LogP contribution in [0.15, 0.2) is 23.7 Å². The van der Waals surface area contributed by atoms with Gasteiger partial charge in [0.2, 0.25) is 0 Å². The maximum atomic E-state index is 9.68. The summed E-state index contributed by atoms with van der Waals surface area (Å²) in [7, 11) is 0. The molecule has 0 amide bonds. The predicted molar refractivity (Wildman–Crippen MR) is 111 cm³/mol. The monoisotopic (exact) mass is 435 g/mol. The average Bonchev–Trinajstić information content (AvgIpc) is 2.34. The van der Waals surface area contributed by atoms with Gasteiger partial charge in [0.15, 0.2) is 0 Å². The zero-order valence-corrected chi connectivity index (χ0v) is 20.3. The fourth-order valence-corrected chi connectivity index (χ4v) is 1.30. The summed E-state index contributed by atoms with van der Waals surface area (Å²) >= 11 is 0. The quantitative estimate of drug-likeness (QED) is 0.328. The minimum absolute atomic E-state index is 0. The second-order valence-corrected chi connectivity index (χ2v) is 11.2. The van der Waals surface area contributed by atoms with Gasteiger partial charge in [-0.25, -0.2) is 0 Å². The maximum Gasteiger partial charge on any atom is 0.0961 e. The van der Waals surface area contributed by atoms with Crippen LogP contribution in [-0.2, 0) is 17.1 Å². The van der Waals surface area contributed by atoms with Gasteiger partial charge in [-0.2, -0.15) is 0 Å². The van der Waals surface area contributed by atoms with Gasteiger partial charge in [0, 0.05) is 27.9 Å². The molecule has 0 spiro atoms. The molecule has 4 nitrogen and oxygen atoms in total. The first kappa shape index (κ1) is 31.2. The minimum atomic E-state index is -0.605. The molecule has 0 saturated carbocycles. The van der Waals surface area contributed by atoms with Crippen LogP contribution in [-0.4, -0.2) is 32.6 Å². The topological polar surface area (TPSA) is 80.9 Å². The molecule has 0 aliphatic heterocycles. The summed E-state index contributed by atoms with van der Waals surface area (Å²) in [6.07, 6.45) is 1.85. The number of rotatable bonds is 2. The van der Waals surface area contributed by atoms with Crippen LogP contribution in [0.2, 0.25) is 0 Å². The summed E-state index contributed by atoms with van der Waals surface area (Å²) in [6.45, 7) is 23.1. The van der Waals surface area contributed by atoms with E-state index < -0.39 is 12.2 Å². The summed E-state index contributed by atoms with van der Waals surface area (Å²) in [4.78, 5) is 0. The van der Waals surface area contributed by atoms with Crippen molar-refractivity contribution < 1.29 is 37.5 Å². The standard InChI is InChI=1S/2C11H22O2.Cu/c2*1-10(2,3)8(12)7-9(13)11(4,5)6;/h2*7-8,12-13H,1-6H3;. The Morgan fingerprint density at radius 1 is 0.556 bits per heavy atom. The molecule has 167 valence electrons. The van der Waals surface area contributed by atoms with Gasteiger partial charge in [-0.05, 0) is 23.0 Å². The van der Waals surface area contributed by atoms with Gasteiger partial charge in [0.25, 0.3) is 0 Å². The van der Waals surface area contributed by atoms with Crippen molar-refractivity contribution in [1.29, 1.82) is 0 Å². The Kier molecular flexibility index (Phi) is 12.6. The van der Waals surface area contributed by atoms with Crippen LogP contribution in [0, 0.1) is 21.7 Å². The Morgan fingerprint density at radius 3 is 0.852 bits per heavy atom. The summed E-state index contributed by atoms with van der Waals surface area (Å²) in [6, 6.07) is 0. The third-order valence-corrected chi connectivity index (χ3v) is 3.94. The van der Waals surface area contributed by atoms with Crippen LogP contribution < -0.4 is 0 Å². The number of aliphatic hydroxyl groups excluding tert-OH is 4. The van der Waals surface area contributed by atoms with E-state index in [1.807, 2.05) is 83.1 Å². The first-order chi connectivity index (χ1) is 11.1. The molecule has 0 bridgehead atoms. The maximum absolute atomic E-state index is 9.68. The molecule has 2 unspecified atom stereocenters. The van der Waals surface area contributed by atoms with Crippen molar-refractivity contribution in [1.82, 2.24) is 0 Å². The Bertz CT molecular complexity index is 434. The van der Waals surface area contributed by atoms with Crippen LogP contribution in [0.5, 0.6) is 0 Å². The molecule has 0 aromatic rings. The van der Waals surface area contributed by atoms with Gasteiger partial charge in [0.1, 0.15) is 0 Å². The van der Waals surface area contributed by atoms with Gasteiger partial charge in [0.05, 0.1) is 23.7 Å². The molecule has 27 heavy (non-hydrogen) atoms. The Morgan fingerprint density at radius 2 is 0.741 bits per heavy atom. The number of hydrogen-bond donors (Lipinski definition) is 4. The van der Waals surface area contributed by atoms with E-state index in [0.29, 0.717) is 0 Å². The third kappa shape index (κ3) is 14.2. The normalized spacial score (nSPS) is 16.7. The fourth-order valence-electron chi connectivity index (χ4n) is 1.30. The molecule has 0 fully saturated rings. The number of allylic oxidation sites excluding steroid dienone is 2. The van der Waals surface area contributed by atoms with Crippen molar-refractivity contribution in [3.63, 3.8) is 0 Å². The first-order valence-corrected chi connectivity index (χ1v) is 9.28. The van der Waals surface area contributed by atoms with E-state index in [9.17, 15) is 20.4 Å². The molecule has 0 aliphatic rings. The third-order valence-electron chi connectivity index (χ3n) is 3.94. The van der Waals surface area contributed by atoms with Crippen molar-refractivity contribution in [3.05, 3.63) is 23.7 Å². The van der Waals surface area contributed by atoms with Crippen molar-refractivity contribution in [2.45, 2.75) is 95.3 Å². The molecule has 5 heteroatoms. The Labute approximate surface area is 178 Å². The second-order valence-electron chi connectivity index (χ2n) is 11.2. The molecule has 0 aromatic heterocycles. The average molecular weight is 436 g/mol. The largest absolute Gasteiger partial charge is 0.512 e. The van der Waals surface area contributed by atoms with Gasteiger partial charge >= 0.3 is 0 Å². The van der Waals surface area contributed by atoms with E-state index >= 15 is 0 Å². The van der Waals surface area contributed by atoms with Crippen LogP contribution in [0.3, 0.4) is 0 Å². The molecular weight excluding hydrogens is 392 g/mol. The summed E-state index contributed by atoms with van der Waals surface area (Å²) in [5, 5.41) is 38.6. The van der Waals surface area contributed by atoms with E-state index in [4.69, 9.17) is 0 Å². The van der Waals surface area contributed by atoms with Crippen molar-refractivity contribution >= 4 is 0 Å². The number of hydrogen-bond acceptors (Lipinski definition) is 4. The minimum Gasteiger partial charge on any atom is -0.512 e. The van der Waals surface area contributed by atoms with E-state index in [0.717, 1.165) is 0 Å². The second kappa shape index (κ2) is 10.9. The zero-order valence-electron chi connectivity index (χ0n) is 19.4. The fraction of sp³-hybridized carbons (Fsp3) is 0.818. The predicted octanol–water partition coefficient (Wildman–Crippen LogP) is 5.76. The summed E-state index contributed by atoms with van der Waals surface area (Å²) < 4.78 is 0. The summed E-state index contributed by atoms with van der Waals surface area (Å²) in [5.74, 6) is 0.491. The molecule has 1 radical (unpaired) electrons. The number of aliphatic hydroxyl groups is 4. The van der Waals surface area contributed by atoms with Crippen molar-refractivity contribution in [2.75, 3.05) is 0 Å². The Hall–Kier alpha value is -0.481. The summed E-state index contributed by atoms with van der Waals surface area (Å²) in [5.41, 5.74) is -1.02. The molecule has 0 aliphatic carbocycles. The van der Waals surface area contributed by atoms with Crippen LogP contribution >= 0.6 is 0 Å². The van der Waals surface area contributed by atoms with E-state index in [2.05, 4.69) is 0 Å². The molecule has 0 saturated heterocycles. The van der Waals surface area contributed by atoms with Crippen LogP contribution in [0.25, 0.3) is 0 Å². The van der Waals surface area contributed by atoms with Gasteiger partial charge in [-0.1, -0.05) is 83.1 Å². The molecule has 0 aromatic carbocycles. The molecule has 2 atom stereocenters. The molecule has 0 rings (SSSR count). The van der Waals surface area contributed by atoms with E-state index in [1.54, 1.807) is 0 Å². The van der Waals surface area contributed by atoms with Gasteiger partial charge < -0.3 is 20.4 Å². The van der Waals surface area contributed by atoms with Gasteiger partial charge in [-0.15, -0.1) is 0 Å². The van der Waals surface area contributed by atoms with Crippen molar-refractivity contribution in [2.24, 2.45) is 21.7 Å². The first-order valence-electron chi connectivity index (χ1n) is 9.28. The Balaban J connectivity index is -0.000000411. The SMILES string of the molecule is CC(C)(C)C(O)=CC(O)C(C)(C)C.CC(C)(C)C(O)=CC(O)C(C)(C)C.[Cu]. The van der Waals surface area contributed by atoms with Gasteiger partial charge in [-0.3, -0.25) is 0 Å². The molecular formula is C22H44CuO4. The van der Waals surface area contributed by atoms with E-state index in [-0.39, 0.29) is 50.2 Å². The molecule has 0 heterocycles. The van der Waals surface area contributed by atoms with Crippen molar-refractivity contribution in [3.8, 4) is 0 Å². The van der Waals surface area contributed by atoms with Crippen LogP contribution in [0.4, 0.5) is 0 Å². The smallest absolute Gasteiger partial charge is 0.0961 e. The van der Waals surface area contributed by atoms with Crippen LogP contribution in [0.1, 0.15) is 83.1 Å². The zero-order chi connectivity index (χ0) is 21.7.